The molecule has 0 saturated heterocycles. The molecular formula is C3H10N2O2. The molecule has 0 aromatic carbocycles. The maximum atomic E-state index is 8.11. The van der Waals surface area contributed by atoms with Gasteiger partial charge in [0.15, 0.2) is 5.34 Å². The predicted octanol–water partition coefficient (Wildman–Crippen LogP) is 0.497. The second-order valence-corrected chi connectivity index (χ2v) is 0.870. The summed E-state index contributed by atoms with van der Waals surface area (Å²) in [7, 11) is 0. The van der Waals surface area contributed by atoms with E-state index < -0.39 is 0 Å². The van der Waals surface area contributed by atoms with Crippen LogP contribution in [0.2, 0.25) is 0 Å². The molecule has 0 radical (unpaired) electrons. The molecule has 0 fully saturated rings. The normalized spacial score (nSPS) is 6.00. The van der Waals surface area contributed by atoms with Crippen molar-refractivity contribution in [1.82, 2.24) is 0 Å². The minimum absolute atomic E-state index is 0.819. The van der Waals surface area contributed by atoms with E-state index in [1.54, 1.807) is 0 Å². The lowest BCUT2D eigenvalue weighted by Gasteiger charge is -1.70. The summed E-state index contributed by atoms with van der Waals surface area (Å²) in [4.78, 5) is 8.11. The van der Waals surface area contributed by atoms with Crippen molar-refractivity contribution in [3.63, 3.8) is 0 Å². The zero-order valence-corrected chi connectivity index (χ0v) is 4.29. The van der Waals surface area contributed by atoms with E-state index in [1.165, 1.54) is 5.34 Å². The predicted molar refractivity (Wildman–Crippen MR) is 26.9 cm³/mol. The molecule has 0 spiro atoms. The third-order valence-corrected chi connectivity index (χ3v) is 0.289. The Bertz CT molecular complexity index is 30.1. The van der Waals surface area contributed by atoms with E-state index in [0.29, 0.717) is 0 Å². The molecule has 4 nitrogen and oxygen atoms in total. The van der Waals surface area contributed by atoms with Gasteiger partial charge in [-0.25, -0.2) is 0 Å². The third kappa shape index (κ3) is 467. The van der Waals surface area contributed by atoms with Crippen molar-refractivity contribution in [2.24, 2.45) is 11.1 Å². The highest BCUT2D eigenvalue weighted by Gasteiger charge is 1.55. The summed E-state index contributed by atoms with van der Waals surface area (Å²) in [5.74, 6) is 0. The fraction of sp³-hybridized carbons (Fsp3) is 1.00. The Hall–Kier alpha value is -0.640. The van der Waals surface area contributed by atoms with Crippen molar-refractivity contribution in [1.29, 1.82) is 0 Å². The van der Waals surface area contributed by atoms with Gasteiger partial charge in [0.2, 0.25) is 0 Å². The first-order valence-corrected chi connectivity index (χ1v) is 2.00. The maximum Gasteiger partial charge on any atom is 0.152 e. The standard InChI is InChI=1S/C3H9N.HNO2/c1-2-3-4;2-1-3/h2-4H2,1H3;(H,2,3). The van der Waals surface area contributed by atoms with E-state index in [4.69, 9.17) is 15.8 Å². The fourth-order valence-electron chi connectivity index (χ4n) is 0. The van der Waals surface area contributed by atoms with Crippen LogP contribution in [0.15, 0.2) is 5.34 Å². The lowest BCUT2D eigenvalue weighted by molar-refractivity contribution is 0.312. The van der Waals surface area contributed by atoms with Crippen LogP contribution in [0, 0.1) is 4.91 Å². The smallest absolute Gasteiger partial charge is 0.152 e. The third-order valence-electron chi connectivity index (χ3n) is 0.289. The van der Waals surface area contributed by atoms with E-state index in [2.05, 4.69) is 6.92 Å². The van der Waals surface area contributed by atoms with Gasteiger partial charge in [-0.2, -0.15) is 0 Å². The summed E-state index contributed by atoms with van der Waals surface area (Å²) in [6.07, 6.45) is 1.10. The van der Waals surface area contributed by atoms with Crippen LogP contribution in [-0.4, -0.2) is 11.8 Å². The molecule has 0 atom stereocenters. The fourth-order valence-corrected chi connectivity index (χ4v) is 0. The number of hydrogen-bond donors (Lipinski definition) is 2. The van der Waals surface area contributed by atoms with Crippen LogP contribution in [0.25, 0.3) is 0 Å². The van der Waals surface area contributed by atoms with Crippen LogP contribution in [0.4, 0.5) is 0 Å². The van der Waals surface area contributed by atoms with Gasteiger partial charge in [0.25, 0.3) is 0 Å². The summed E-state index contributed by atoms with van der Waals surface area (Å²) in [5.41, 5.74) is 5.03. The molecule has 0 aliphatic carbocycles. The van der Waals surface area contributed by atoms with Crippen LogP contribution >= 0.6 is 0 Å². The van der Waals surface area contributed by atoms with Crippen LogP contribution in [-0.2, 0) is 0 Å². The second kappa shape index (κ2) is 18.3. The van der Waals surface area contributed by atoms with Crippen molar-refractivity contribution in [2.75, 3.05) is 6.54 Å². The Kier molecular flexibility index (Phi) is 25.1. The average molecular weight is 106 g/mol. The molecule has 44 valence electrons. The van der Waals surface area contributed by atoms with Crippen molar-refractivity contribution >= 4 is 0 Å². The van der Waals surface area contributed by atoms with Crippen molar-refractivity contribution in [2.45, 2.75) is 13.3 Å². The highest BCUT2D eigenvalue weighted by molar-refractivity contribution is 4.19. The first-order chi connectivity index (χ1) is 3.33. The molecule has 0 unspecified atom stereocenters. The van der Waals surface area contributed by atoms with Gasteiger partial charge in [-0.3, -0.25) is 0 Å². The lowest BCUT2D eigenvalue weighted by atomic mass is 10.5. The second-order valence-electron chi connectivity index (χ2n) is 0.870. The largest absolute Gasteiger partial charge is 0.379 e. The Morgan fingerprint density at radius 3 is 2.00 bits per heavy atom. The van der Waals surface area contributed by atoms with Crippen LogP contribution in [0.1, 0.15) is 13.3 Å². The molecule has 0 aromatic heterocycles. The van der Waals surface area contributed by atoms with Gasteiger partial charge < -0.3 is 10.9 Å². The first-order valence-electron chi connectivity index (χ1n) is 2.00. The molecule has 0 aliphatic rings. The molecule has 4 heteroatoms. The highest BCUT2D eigenvalue weighted by Crippen LogP contribution is 1.57. The van der Waals surface area contributed by atoms with Gasteiger partial charge in [0, 0.05) is 0 Å². The van der Waals surface area contributed by atoms with E-state index in [-0.39, 0.29) is 0 Å². The van der Waals surface area contributed by atoms with Crippen LogP contribution in [0.5, 0.6) is 0 Å². The maximum absolute atomic E-state index is 8.11. The van der Waals surface area contributed by atoms with E-state index in [0.717, 1.165) is 13.0 Å². The monoisotopic (exact) mass is 106 g/mol. The minimum Gasteiger partial charge on any atom is -0.379 e. The molecule has 0 bridgehead atoms. The quantitative estimate of drug-likeness (QED) is 0.377. The number of nitrogens with zero attached hydrogens (tertiary/aromatic N) is 1. The molecule has 0 saturated carbocycles. The zero-order chi connectivity index (χ0) is 6.12. The highest BCUT2D eigenvalue weighted by atomic mass is 16.6. The minimum atomic E-state index is 0.819. The van der Waals surface area contributed by atoms with Gasteiger partial charge >= 0.3 is 0 Å². The Balaban J connectivity index is 0. The number of nitrogens with two attached hydrogens (primary N) is 1. The molecular weight excluding hydrogens is 96.0 g/mol. The first kappa shape index (κ1) is 9.61. The number of hydrogen-bond acceptors (Lipinski definition) is 3. The molecule has 0 heterocycles. The summed E-state index contributed by atoms with van der Waals surface area (Å²) in [5, 5.41) is 7.89. The molecule has 7 heavy (non-hydrogen) atoms. The number of rotatable bonds is 1. The Morgan fingerprint density at radius 2 is 2.00 bits per heavy atom. The van der Waals surface area contributed by atoms with Gasteiger partial charge in [-0.15, -0.1) is 4.91 Å². The van der Waals surface area contributed by atoms with Gasteiger partial charge in [-0.1, -0.05) is 6.92 Å². The van der Waals surface area contributed by atoms with Crippen LogP contribution in [0.3, 0.4) is 0 Å². The van der Waals surface area contributed by atoms with Crippen molar-refractivity contribution < 1.29 is 5.21 Å². The van der Waals surface area contributed by atoms with Gasteiger partial charge in [-0.05, 0) is 13.0 Å². The summed E-state index contributed by atoms with van der Waals surface area (Å²) >= 11 is 0. The van der Waals surface area contributed by atoms with Gasteiger partial charge in [0.05, 0.1) is 0 Å². The van der Waals surface area contributed by atoms with Crippen molar-refractivity contribution in [3.05, 3.63) is 4.91 Å². The molecule has 0 amide bonds. The van der Waals surface area contributed by atoms with Crippen LogP contribution < -0.4 is 5.73 Å². The Labute approximate surface area is 42.3 Å². The molecule has 3 N–H and O–H groups in total. The molecule has 0 aromatic rings. The lowest BCUT2D eigenvalue weighted by Crippen LogP contribution is -1.93. The summed E-state index contributed by atoms with van der Waals surface area (Å²) in [6, 6.07) is 0. The zero-order valence-electron chi connectivity index (χ0n) is 4.29. The SMILES string of the molecule is CCCN.O=NO. The van der Waals surface area contributed by atoms with E-state index >= 15 is 0 Å². The Morgan fingerprint density at radius 1 is 1.86 bits per heavy atom. The molecule has 0 aliphatic heterocycles. The van der Waals surface area contributed by atoms with E-state index in [1.807, 2.05) is 0 Å². The summed E-state index contributed by atoms with van der Waals surface area (Å²) in [6.45, 7) is 2.88. The summed E-state index contributed by atoms with van der Waals surface area (Å²) < 4.78 is 0. The van der Waals surface area contributed by atoms with Gasteiger partial charge in [0.1, 0.15) is 0 Å². The molecule has 0 rings (SSSR count). The average Bonchev–Trinajstić information content (AvgIpc) is 1.69. The van der Waals surface area contributed by atoms with E-state index in [9.17, 15) is 0 Å². The topological polar surface area (TPSA) is 75.7 Å². The van der Waals surface area contributed by atoms with Crippen molar-refractivity contribution in [3.8, 4) is 0 Å².